The Labute approximate surface area is 121 Å². The minimum absolute atomic E-state index is 0.187. The number of benzene rings is 1. The van der Waals surface area contributed by atoms with Gasteiger partial charge in [-0.2, -0.15) is 0 Å². The van der Waals surface area contributed by atoms with Crippen molar-refractivity contribution in [3.63, 3.8) is 0 Å². The molecule has 1 aromatic carbocycles. The second kappa shape index (κ2) is 6.59. The molecule has 0 saturated carbocycles. The minimum atomic E-state index is -0.187. The lowest BCUT2D eigenvalue weighted by atomic mass is 10.2. The first-order valence-corrected chi connectivity index (χ1v) is 7.22. The number of nitrogens with one attached hydrogen (secondary N) is 1. The number of carbonyl (C=O) groups excluding carboxylic acids is 1. The zero-order valence-electron chi connectivity index (χ0n) is 10.4. The number of para-hydroxylation sites is 1. The van der Waals surface area contributed by atoms with E-state index in [1.165, 1.54) is 6.20 Å². The molecule has 98 valence electrons. The first kappa shape index (κ1) is 13.9. The Kier molecular flexibility index (Phi) is 4.82. The number of hydrogen-bond donors (Lipinski definition) is 1. The third kappa shape index (κ3) is 3.72. The Morgan fingerprint density at radius 2 is 2.16 bits per heavy atom. The molecule has 2 rings (SSSR count). The number of aromatic nitrogens is 1. The van der Waals surface area contributed by atoms with Crippen LogP contribution in [0.3, 0.4) is 0 Å². The minimum Gasteiger partial charge on any atom is -0.321 e. The van der Waals surface area contributed by atoms with Crippen LogP contribution < -0.4 is 5.32 Å². The normalized spacial score (nSPS) is 10.2. The summed E-state index contributed by atoms with van der Waals surface area (Å²) in [6, 6.07) is 10.9. The van der Waals surface area contributed by atoms with Gasteiger partial charge >= 0.3 is 0 Å². The summed E-state index contributed by atoms with van der Waals surface area (Å²) in [5.41, 5.74) is 1.31. The molecule has 0 saturated heterocycles. The van der Waals surface area contributed by atoms with E-state index in [9.17, 15) is 4.79 Å². The maximum Gasteiger partial charge on any atom is 0.255 e. The topological polar surface area (TPSA) is 42.0 Å². The molecular weight excluding hydrogens is 280 g/mol. The van der Waals surface area contributed by atoms with Crippen molar-refractivity contribution in [1.29, 1.82) is 0 Å². The quantitative estimate of drug-likeness (QED) is 0.681. The summed E-state index contributed by atoms with van der Waals surface area (Å²) >= 11 is 7.47. The van der Waals surface area contributed by atoms with Crippen LogP contribution in [0, 0.1) is 0 Å². The predicted molar refractivity (Wildman–Crippen MR) is 80.0 cm³/mol. The maximum absolute atomic E-state index is 12.1. The molecule has 19 heavy (non-hydrogen) atoms. The second-order valence-electron chi connectivity index (χ2n) is 3.75. The van der Waals surface area contributed by atoms with Crippen LogP contribution in [0.2, 0.25) is 5.15 Å². The molecule has 0 unspecified atom stereocenters. The summed E-state index contributed by atoms with van der Waals surface area (Å²) in [7, 11) is 0. The number of amides is 1. The number of hydrogen-bond acceptors (Lipinski definition) is 3. The highest BCUT2D eigenvalue weighted by Crippen LogP contribution is 2.27. The Morgan fingerprint density at radius 3 is 2.89 bits per heavy atom. The molecule has 1 aromatic heterocycles. The van der Waals surface area contributed by atoms with Crippen LogP contribution in [0.4, 0.5) is 5.69 Å². The fourth-order valence-corrected chi connectivity index (χ4v) is 2.52. The zero-order chi connectivity index (χ0) is 13.7. The van der Waals surface area contributed by atoms with Crippen molar-refractivity contribution in [2.45, 2.75) is 11.8 Å². The van der Waals surface area contributed by atoms with Crippen molar-refractivity contribution >= 4 is 35.0 Å². The van der Waals surface area contributed by atoms with Crippen molar-refractivity contribution < 1.29 is 4.79 Å². The van der Waals surface area contributed by atoms with E-state index in [0.717, 1.165) is 16.3 Å². The lowest BCUT2D eigenvalue weighted by Gasteiger charge is -2.10. The van der Waals surface area contributed by atoms with Crippen molar-refractivity contribution in [3.8, 4) is 0 Å². The van der Waals surface area contributed by atoms with Crippen LogP contribution in [-0.4, -0.2) is 16.6 Å². The summed E-state index contributed by atoms with van der Waals surface area (Å²) in [4.78, 5) is 17.0. The van der Waals surface area contributed by atoms with Gasteiger partial charge in [0.05, 0.1) is 5.69 Å². The van der Waals surface area contributed by atoms with Gasteiger partial charge in [-0.3, -0.25) is 4.79 Å². The first-order chi connectivity index (χ1) is 9.20. The van der Waals surface area contributed by atoms with Crippen molar-refractivity contribution in [2.75, 3.05) is 11.1 Å². The highest BCUT2D eigenvalue weighted by atomic mass is 35.5. The molecule has 0 aliphatic rings. The van der Waals surface area contributed by atoms with Gasteiger partial charge in [-0.25, -0.2) is 4.98 Å². The molecule has 1 N–H and O–H groups in total. The van der Waals surface area contributed by atoms with Crippen LogP contribution in [0.15, 0.2) is 47.5 Å². The molecule has 2 aromatic rings. The molecule has 3 nitrogen and oxygen atoms in total. The molecule has 0 aliphatic heterocycles. The van der Waals surface area contributed by atoms with Crippen LogP contribution in [0.5, 0.6) is 0 Å². The summed E-state index contributed by atoms with van der Waals surface area (Å²) in [6.07, 6.45) is 1.52. The van der Waals surface area contributed by atoms with Gasteiger partial charge in [-0.1, -0.05) is 30.7 Å². The molecule has 0 bridgehead atoms. The standard InChI is InChI=1S/C14H13ClN2OS/c1-2-19-12-6-4-3-5-11(12)17-14(18)10-7-8-16-13(15)9-10/h3-9H,2H2,1H3,(H,17,18). The maximum atomic E-state index is 12.1. The van der Waals surface area contributed by atoms with Gasteiger partial charge in [0.25, 0.3) is 5.91 Å². The number of anilines is 1. The predicted octanol–water partition coefficient (Wildman–Crippen LogP) is 4.10. The average Bonchev–Trinajstić information content (AvgIpc) is 2.41. The van der Waals surface area contributed by atoms with E-state index >= 15 is 0 Å². The zero-order valence-corrected chi connectivity index (χ0v) is 12.0. The number of halogens is 1. The molecule has 0 atom stereocenters. The van der Waals surface area contributed by atoms with Crippen LogP contribution in [0.25, 0.3) is 0 Å². The van der Waals surface area contributed by atoms with Crippen molar-refractivity contribution in [1.82, 2.24) is 4.98 Å². The van der Waals surface area contributed by atoms with Gasteiger partial charge in [0, 0.05) is 16.7 Å². The van der Waals surface area contributed by atoms with Crippen LogP contribution in [-0.2, 0) is 0 Å². The van der Waals surface area contributed by atoms with E-state index in [0.29, 0.717) is 10.7 Å². The Balaban J connectivity index is 2.19. The second-order valence-corrected chi connectivity index (χ2v) is 5.44. The number of pyridine rings is 1. The van der Waals surface area contributed by atoms with E-state index < -0.39 is 0 Å². The van der Waals surface area contributed by atoms with Gasteiger partial charge in [0.1, 0.15) is 5.15 Å². The lowest BCUT2D eigenvalue weighted by Crippen LogP contribution is -2.12. The van der Waals surface area contributed by atoms with Crippen molar-refractivity contribution in [2.24, 2.45) is 0 Å². The molecule has 1 heterocycles. The van der Waals surface area contributed by atoms with Gasteiger partial charge < -0.3 is 5.32 Å². The molecule has 0 fully saturated rings. The average molecular weight is 293 g/mol. The van der Waals surface area contributed by atoms with Gasteiger partial charge in [0.15, 0.2) is 0 Å². The third-order valence-corrected chi connectivity index (χ3v) is 3.59. The van der Waals surface area contributed by atoms with E-state index in [4.69, 9.17) is 11.6 Å². The summed E-state index contributed by atoms with van der Waals surface area (Å²) in [5, 5.41) is 3.20. The van der Waals surface area contributed by atoms with E-state index in [1.807, 2.05) is 24.3 Å². The fraction of sp³-hybridized carbons (Fsp3) is 0.143. The fourth-order valence-electron chi connectivity index (χ4n) is 1.59. The molecule has 5 heteroatoms. The third-order valence-electron chi connectivity index (χ3n) is 2.42. The molecule has 0 radical (unpaired) electrons. The van der Waals surface area contributed by atoms with Crippen LogP contribution >= 0.6 is 23.4 Å². The van der Waals surface area contributed by atoms with E-state index in [1.54, 1.807) is 23.9 Å². The van der Waals surface area contributed by atoms with E-state index in [2.05, 4.69) is 17.2 Å². The number of rotatable bonds is 4. The number of thioether (sulfide) groups is 1. The molecular formula is C14H13ClN2OS. The number of carbonyl (C=O) groups is 1. The SMILES string of the molecule is CCSc1ccccc1NC(=O)c1ccnc(Cl)c1. The lowest BCUT2D eigenvalue weighted by molar-refractivity contribution is 0.102. The highest BCUT2D eigenvalue weighted by molar-refractivity contribution is 7.99. The molecule has 0 spiro atoms. The Hall–Kier alpha value is -1.52. The monoisotopic (exact) mass is 292 g/mol. The number of nitrogens with zero attached hydrogens (tertiary/aromatic N) is 1. The first-order valence-electron chi connectivity index (χ1n) is 5.85. The van der Waals surface area contributed by atoms with Gasteiger partial charge in [-0.15, -0.1) is 11.8 Å². The summed E-state index contributed by atoms with van der Waals surface area (Å²) < 4.78 is 0. The summed E-state index contributed by atoms with van der Waals surface area (Å²) in [5.74, 6) is 0.766. The van der Waals surface area contributed by atoms with E-state index in [-0.39, 0.29) is 5.91 Å². The molecule has 1 amide bonds. The van der Waals surface area contributed by atoms with Crippen molar-refractivity contribution in [3.05, 3.63) is 53.3 Å². The largest absolute Gasteiger partial charge is 0.321 e. The summed E-state index contributed by atoms with van der Waals surface area (Å²) in [6.45, 7) is 2.08. The van der Waals surface area contributed by atoms with Gasteiger partial charge in [-0.05, 0) is 30.0 Å². The highest BCUT2D eigenvalue weighted by Gasteiger charge is 2.09. The molecule has 0 aliphatic carbocycles. The van der Waals surface area contributed by atoms with Crippen LogP contribution in [0.1, 0.15) is 17.3 Å². The smallest absolute Gasteiger partial charge is 0.255 e. The Bertz CT molecular complexity index is 589. The Morgan fingerprint density at radius 1 is 1.37 bits per heavy atom. The van der Waals surface area contributed by atoms with Gasteiger partial charge in [0.2, 0.25) is 0 Å².